The van der Waals surface area contributed by atoms with Gasteiger partial charge in [-0.1, -0.05) is 38.2 Å². The molecule has 1 saturated carbocycles. The van der Waals surface area contributed by atoms with Crippen molar-refractivity contribution >= 4 is 5.97 Å². The highest BCUT2D eigenvalue weighted by molar-refractivity contribution is 5.87. The summed E-state index contributed by atoms with van der Waals surface area (Å²) < 4.78 is 4.63. The molecule has 98 valence electrons. The third-order valence-electron chi connectivity index (χ3n) is 3.51. The molecule has 0 amide bonds. The average Bonchev–Trinajstić information content (AvgIpc) is 2.38. The standard InChI is InChI=1S/C14H25NO2/c1-12(14(16)17-2)8-10-15-11-9-13-6-4-3-5-7-13/h8,13,15H,3-7,9-11H2,1-2H3. The first-order valence-corrected chi connectivity index (χ1v) is 6.70. The SMILES string of the molecule is COC(=O)C(C)=CCNCCC1CCCCC1. The van der Waals surface area contributed by atoms with E-state index in [1.165, 1.54) is 45.6 Å². The molecular formula is C14H25NO2. The molecule has 0 aromatic carbocycles. The molecule has 0 heterocycles. The van der Waals surface area contributed by atoms with Crippen LogP contribution in [0.25, 0.3) is 0 Å². The van der Waals surface area contributed by atoms with Gasteiger partial charge >= 0.3 is 5.97 Å². The van der Waals surface area contributed by atoms with Crippen molar-refractivity contribution in [2.45, 2.75) is 45.4 Å². The normalized spacial score (nSPS) is 18.1. The third-order valence-corrected chi connectivity index (χ3v) is 3.51. The molecule has 0 unspecified atom stereocenters. The fourth-order valence-corrected chi connectivity index (χ4v) is 2.35. The lowest BCUT2D eigenvalue weighted by atomic mass is 9.87. The van der Waals surface area contributed by atoms with E-state index in [0.717, 1.165) is 19.0 Å². The molecule has 0 radical (unpaired) electrons. The maximum absolute atomic E-state index is 11.1. The maximum Gasteiger partial charge on any atom is 0.333 e. The lowest BCUT2D eigenvalue weighted by Gasteiger charge is -2.21. The topological polar surface area (TPSA) is 38.3 Å². The summed E-state index contributed by atoms with van der Waals surface area (Å²) in [6.45, 7) is 3.60. The molecule has 1 aliphatic carbocycles. The van der Waals surface area contributed by atoms with Crippen LogP contribution in [0.3, 0.4) is 0 Å². The van der Waals surface area contributed by atoms with E-state index < -0.39 is 0 Å². The first kappa shape index (κ1) is 14.2. The van der Waals surface area contributed by atoms with Crippen molar-refractivity contribution < 1.29 is 9.53 Å². The van der Waals surface area contributed by atoms with Gasteiger partial charge in [-0.05, 0) is 25.8 Å². The summed E-state index contributed by atoms with van der Waals surface area (Å²) in [5.74, 6) is 0.681. The van der Waals surface area contributed by atoms with Crippen LogP contribution in [0.15, 0.2) is 11.6 Å². The van der Waals surface area contributed by atoms with E-state index >= 15 is 0 Å². The molecule has 17 heavy (non-hydrogen) atoms. The van der Waals surface area contributed by atoms with Crippen molar-refractivity contribution in [1.82, 2.24) is 5.32 Å². The van der Waals surface area contributed by atoms with E-state index in [0.29, 0.717) is 5.57 Å². The van der Waals surface area contributed by atoms with Gasteiger partial charge in [-0.15, -0.1) is 0 Å². The lowest BCUT2D eigenvalue weighted by Crippen LogP contribution is -2.20. The molecule has 3 heteroatoms. The Morgan fingerprint density at radius 3 is 2.71 bits per heavy atom. The molecule has 1 N–H and O–H groups in total. The number of carbonyl (C=O) groups is 1. The number of hydrogen-bond donors (Lipinski definition) is 1. The monoisotopic (exact) mass is 239 g/mol. The van der Waals surface area contributed by atoms with E-state index in [-0.39, 0.29) is 5.97 Å². The summed E-state index contributed by atoms with van der Waals surface area (Å²) in [5, 5.41) is 3.36. The van der Waals surface area contributed by atoms with Crippen LogP contribution in [0.4, 0.5) is 0 Å². The van der Waals surface area contributed by atoms with E-state index in [2.05, 4.69) is 10.1 Å². The Labute approximate surface area is 105 Å². The molecule has 0 aromatic rings. The van der Waals surface area contributed by atoms with Gasteiger partial charge in [0.1, 0.15) is 0 Å². The fourth-order valence-electron chi connectivity index (χ4n) is 2.35. The van der Waals surface area contributed by atoms with Crippen molar-refractivity contribution in [2.75, 3.05) is 20.2 Å². The lowest BCUT2D eigenvalue weighted by molar-refractivity contribution is -0.136. The van der Waals surface area contributed by atoms with Crippen molar-refractivity contribution in [3.8, 4) is 0 Å². The van der Waals surface area contributed by atoms with E-state index in [1.54, 1.807) is 6.92 Å². The van der Waals surface area contributed by atoms with Crippen LogP contribution in [0.2, 0.25) is 0 Å². The predicted octanol–water partition coefficient (Wildman–Crippen LogP) is 2.67. The molecule has 1 aliphatic rings. The van der Waals surface area contributed by atoms with Crippen LogP contribution >= 0.6 is 0 Å². The van der Waals surface area contributed by atoms with E-state index in [1.807, 2.05) is 6.08 Å². The van der Waals surface area contributed by atoms with Crippen LogP contribution in [0.1, 0.15) is 45.4 Å². The predicted molar refractivity (Wildman–Crippen MR) is 69.8 cm³/mol. The summed E-state index contributed by atoms with van der Waals surface area (Å²) in [6, 6.07) is 0. The second-order valence-corrected chi connectivity index (χ2v) is 4.88. The molecule has 3 nitrogen and oxygen atoms in total. The Morgan fingerprint density at radius 1 is 1.35 bits per heavy atom. The second kappa shape index (κ2) is 8.29. The quantitative estimate of drug-likeness (QED) is 0.440. The van der Waals surface area contributed by atoms with Crippen molar-refractivity contribution in [1.29, 1.82) is 0 Å². The Morgan fingerprint density at radius 2 is 2.06 bits per heavy atom. The Balaban J connectivity index is 2.05. The van der Waals surface area contributed by atoms with Gasteiger partial charge in [0.25, 0.3) is 0 Å². The molecular weight excluding hydrogens is 214 g/mol. The van der Waals surface area contributed by atoms with Gasteiger partial charge < -0.3 is 10.1 Å². The van der Waals surface area contributed by atoms with Crippen molar-refractivity contribution in [3.63, 3.8) is 0 Å². The summed E-state index contributed by atoms with van der Waals surface area (Å²) in [7, 11) is 1.41. The highest BCUT2D eigenvalue weighted by Crippen LogP contribution is 2.25. The number of rotatable bonds is 6. The molecule has 0 bridgehead atoms. The Bertz CT molecular complexity index is 255. The summed E-state index contributed by atoms with van der Waals surface area (Å²) in [4.78, 5) is 11.1. The van der Waals surface area contributed by atoms with Gasteiger partial charge in [0.15, 0.2) is 0 Å². The third kappa shape index (κ3) is 5.87. The molecule has 0 saturated heterocycles. The molecule has 0 aromatic heterocycles. The van der Waals surface area contributed by atoms with Crippen molar-refractivity contribution in [3.05, 3.63) is 11.6 Å². The first-order chi connectivity index (χ1) is 8.24. The minimum Gasteiger partial charge on any atom is -0.466 e. The van der Waals surface area contributed by atoms with Gasteiger partial charge in [-0.25, -0.2) is 4.79 Å². The van der Waals surface area contributed by atoms with E-state index in [4.69, 9.17) is 0 Å². The van der Waals surface area contributed by atoms with Crippen LogP contribution in [0.5, 0.6) is 0 Å². The Hall–Kier alpha value is -0.830. The summed E-state index contributed by atoms with van der Waals surface area (Å²) >= 11 is 0. The highest BCUT2D eigenvalue weighted by atomic mass is 16.5. The summed E-state index contributed by atoms with van der Waals surface area (Å²) in [5.41, 5.74) is 0.678. The number of hydrogen-bond acceptors (Lipinski definition) is 3. The number of carbonyl (C=O) groups excluding carboxylic acids is 1. The molecule has 0 aliphatic heterocycles. The highest BCUT2D eigenvalue weighted by Gasteiger charge is 2.12. The van der Waals surface area contributed by atoms with Gasteiger partial charge in [0, 0.05) is 12.1 Å². The minimum absolute atomic E-state index is 0.237. The zero-order valence-corrected chi connectivity index (χ0v) is 11.1. The fraction of sp³-hybridized carbons (Fsp3) is 0.786. The van der Waals surface area contributed by atoms with Gasteiger partial charge in [-0.3, -0.25) is 0 Å². The first-order valence-electron chi connectivity index (χ1n) is 6.70. The van der Waals surface area contributed by atoms with Gasteiger partial charge in [0.05, 0.1) is 7.11 Å². The minimum atomic E-state index is -0.237. The van der Waals surface area contributed by atoms with Crippen LogP contribution in [-0.4, -0.2) is 26.2 Å². The molecule has 0 atom stereocenters. The zero-order chi connectivity index (χ0) is 12.5. The smallest absolute Gasteiger partial charge is 0.333 e. The van der Waals surface area contributed by atoms with Crippen LogP contribution < -0.4 is 5.32 Å². The summed E-state index contributed by atoms with van der Waals surface area (Å²) in [6.07, 6.45) is 10.2. The van der Waals surface area contributed by atoms with Gasteiger partial charge in [0.2, 0.25) is 0 Å². The number of nitrogens with one attached hydrogen (secondary N) is 1. The Kier molecular flexibility index (Phi) is 6.94. The molecule has 1 rings (SSSR count). The molecule has 0 spiro atoms. The maximum atomic E-state index is 11.1. The second-order valence-electron chi connectivity index (χ2n) is 4.88. The number of methoxy groups -OCH3 is 1. The van der Waals surface area contributed by atoms with Crippen LogP contribution in [0, 0.1) is 5.92 Å². The number of ether oxygens (including phenoxy) is 1. The number of esters is 1. The molecule has 1 fully saturated rings. The van der Waals surface area contributed by atoms with Crippen molar-refractivity contribution in [2.24, 2.45) is 5.92 Å². The van der Waals surface area contributed by atoms with E-state index in [9.17, 15) is 4.79 Å². The average molecular weight is 239 g/mol. The van der Waals surface area contributed by atoms with Gasteiger partial charge in [-0.2, -0.15) is 0 Å². The zero-order valence-electron chi connectivity index (χ0n) is 11.1. The largest absolute Gasteiger partial charge is 0.466 e. The van der Waals surface area contributed by atoms with Crippen LogP contribution in [-0.2, 0) is 9.53 Å².